The van der Waals surface area contributed by atoms with Gasteiger partial charge in [-0.15, -0.1) is 15.3 Å². The van der Waals surface area contributed by atoms with E-state index in [1.165, 1.54) is 36.4 Å². The summed E-state index contributed by atoms with van der Waals surface area (Å²) in [6.07, 6.45) is 0. The summed E-state index contributed by atoms with van der Waals surface area (Å²) in [5, 5.41) is 15.5. The standard InChI is InChI=1S/C30H21N5O15S5/c31-25-5-6-27(21-11-16(51(36,37)38)1-3-19(21)25)35-34-26-7-8-28(22-12-17(52(39,40)41)2-4-20(22)26)33-32-15-9-23-24(29(10-15)54(45,46)47)13-18(53(42,43)44)14-30(23)55(48,49)50/h1-14H,31H2,(H,36,37,38)(H,39,40,41)(H,42,43,44)(H,45,46,47)(H,48,49,50). The monoisotopic (exact) mass is 851 g/mol. The zero-order valence-corrected chi connectivity index (χ0v) is 30.9. The van der Waals surface area contributed by atoms with Crippen LogP contribution in [0.1, 0.15) is 0 Å². The minimum atomic E-state index is -5.33. The van der Waals surface area contributed by atoms with Crippen molar-refractivity contribution in [1.82, 2.24) is 0 Å². The maximum atomic E-state index is 12.4. The molecule has 20 nitrogen and oxygen atoms in total. The Hall–Kier alpha value is -5.35. The molecule has 0 aliphatic carbocycles. The number of nitrogens with zero attached hydrogens (tertiary/aromatic N) is 4. The molecule has 0 heterocycles. The Labute approximate surface area is 310 Å². The Bertz CT molecular complexity index is 3300. The van der Waals surface area contributed by atoms with Crippen molar-refractivity contribution in [2.75, 3.05) is 5.73 Å². The van der Waals surface area contributed by atoms with Crippen molar-refractivity contribution >= 4 is 111 Å². The summed E-state index contributed by atoms with van der Waals surface area (Å²) in [6, 6.07) is 14.7. The highest BCUT2D eigenvalue weighted by atomic mass is 32.2. The van der Waals surface area contributed by atoms with E-state index in [4.69, 9.17) is 5.73 Å². The lowest BCUT2D eigenvalue weighted by molar-refractivity contribution is 0.478. The lowest BCUT2D eigenvalue weighted by Gasteiger charge is -2.11. The molecule has 0 saturated carbocycles. The topological polar surface area (TPSA) is 347 Å². The van der Waals surface area contributed by atoms with E-state index in [0.29, 0.717) is 23.6 Å². The molecule has 0 aliphatic heterocycles. The highest BCUT2D eigenvalue weighted by Crippen LogP contribution is 2.40. The quantitative estimate of drug-likeness (QED) is 0.0569. The van der Waals surface area contributed by atoms with Gasteiger partial charge in [0.25, 0.3) is 50.6 Å². The van der Waals surface area contributed by atoms with Crippen LogP contribution in [0, 0.1) is 0 Å². The van der Waals surface area contributed by atoms with Gasteiger partial charge in [-0.1, -0.05) is 12.1 Å². The van der Waals surface area contributed by atoms with Gasteiger partial charge in [0.1, 0.15) is 9.79 Å². The zero-order chi connectivity index (χ0) is 40.5. The fourth-order valence-electron chi connectivity index (χ4n) is 5.42. The molecule has 0 unspecified atom stereocenters. The van der Waals surface area contributed by atoms with Gasteiger partial charge in [-0.25, -0.2) is 0 Å². The number of nitrogen functional groups attached to an aromatic ring is 1. The molecule has 0 radical (unpaired) electrons. The fourth-order valence-corrected chi connectivity index (χ4v) is 8.48. The Morgan fingerprint density at radius 3 is 1.27 bits per heavy atom. The second-order valence-electron chi connectivity index (χ2n) is 11.4. The zero-order valence-electron chi connectivity index (χ0n) is 26.8. The number of hydrogen-bond acceptors (Lipinski definition) is 15. The number of hydrogen-bond donors (Lipinski definition) is 6. The minimum absolute atomic E-state index is 0.0542. The number of fused-ring (bicyclic) bond motifs is 3. The van der Waals surface area contributed by atoms with Crippen molar-refractivity contribution in [3.05, 3.63) is 84.9 Å². The van der Waals surface area contributed by atoms with Gasteiger partial charge in [0.15, 0.2) is 0 Å². The van der Waals surface area contributed by atoms with Crippen LogP contribution in [0.15, 0.2) is 130 Å². The van der Waals surface area contributed by atoms with Crippen LogP contribution >= 0.6 is 0 Å². The molecule has 0 atom stereocenters. The van der Waals surface area contributed by atoms with E-state index in [0.717, 1.165) is 30.3 Å². The Balaban J connectivity index is 1.54. The van der Waals surface area contributed by atoms with Gasteiger partial charge < -0.3 is 5.73 Å². The maximum Gasteiger partial charge on any atom is 0.295 e. The van der Waals surface area contributed by atoms with Gasteiger partial charge >= 0.3 is 0 Å². The van der Waals surface area contributed by atoms with Crippen LogP contribution < -0.4 is 5.73 Å². The van der Waals surface area contributed by atoms with Gasteiger partial charge in [-0.2, -0.15) is 47.2 Å². The second kappa shape index (κ2) is 13.4. The molecule has 25 heteroatoms. The maximum absolute atomic E-state index is 12.4. The average Bonchev–Trinajstić information content (AvgIpc) is 3.07. The van der Waals surface area contributed by atoms with Gasteiger partial charge in [-0.3, -0.25) is 22.8 Å². The first kappa shape index (κ1) is 39.3. The molecule has 6 aromatic carbocycles. The van der Waals surface area contributed by atoms with Crippen LogP contribution in [-0.4, -0.2) is 64.9 Å². The third-order valence-electron chi connectivity index (χ3n) is 7.88. The SMILES string of the molecule is Nc1ccc(N=Nc2ccc(N=Nc3cc(S(=O)(=O)O)c4cc(S(=O)(=O)O)cc(S(=O)(=O)O)c4c3)c3cc(S(=O)(=O)O)ccc23)c2cc(S(=O)(=O)O)ccc12. The molecule has 0 aliphatic rings. The summed E-state index contributed by atoms with van der Waals surface area (Å²) >= 11 is 0. The number of nitrogens with two attached hydrogens (primary N) is 1. The van der Waals surface area contributed by atoms with Crippen LogP contribution in [-0.2, 0) is 50.6 Å². The minimum Gasteiger partial charge on any atom is -0.398 e. The summed E-state index contributed by atoms with van der Waals surface area (Å²) in [4.78, 5) is -4.51. The number of azo groups is 2. The van der Waals surface area contributed by atoms with E-state index in [2.05, 4.69) is 20.5 Å². The summed E-state index contributed by atoms with van der Waals surface area (Å²) in [5.41, 5.74) is 5.75. The van der Waals surface area contributed by atoms with Crippen molar-refractivity contribution in [1.29, 1.82) is 0 Å². The first-order valence-electron chi connectivity index (χ1n) is 14.5. The van der Waals surface area contributed by atoms with E-state index in [9.17, 15) is 64.9 Å². The van der Waals surface area contributed by atoms with Crippen LogP contribution in [0.4, 0.5) is 28.4 Å². The molecule has 0 bridgehead atoms. The lowest BCUT2D eigenvalue weighted by Crippen LogP contribution is -2.07. The number of anilines is 1. The van der Waals surface area contributed by atoms with Gasteiger partial charge in [0.2, 0.25) is 0 Å². The van der Waals surface area contributed by atoms with Crippen LogP contribution in [0.2, 0.25) is 0 Å². The summed E-state index contributed by atoms with van der Waals surface area (Å²) < 4.78 is 169. The molecule has 0 amide bonds. The summed E-state index contributed by atoms with van der Waals surface area (Å²) in [7, 11) is -25.2. The Morgan fingerprint density at radius 2 is 0.764 bits per heavy atom. The molecule has 7 N–H and O–H groups in total. The predicted molar refractivity (Wildman–Crippen MR) is 194 cm³/mol. The normalized spacial score (nSPS) is 13.5. The van der Waals surface area contributed by atoms with Crippen molar-refractivity contribution < 1.29 is 64.9 Å². The van der Waals surface area contributed by atoms with Crippen LogP contribution in [0.25, 0.3) is 32.3 Å². The van der Waals surface area contributed by atoms with Gasteiger partial charge in [0, 0.05) is 38.0 Å². The molecular weight excluding hydrogens is 831 g/mol. The Morgan fingerprint density at radius 1 is 0.364 bits per heavy atom. The van der Waals surface area contributed by atoms with Crippen molar-refractivity contribution in [2.24, 2.45) is 20.5 Å². The van der Waals surface area contributed by atoms with E-state index < -0.39 is 91.5 Å². The second-order valence-corrected chi connectivity index (χ2v) is 18.5. The molecule has 55 heavy (non-hydrogen) atoms. The first-order valence-corrected chi connectivity index (χ1v) is 21.7. The third kappa shape index (κ3) is 8.05. The summed E-state index contributed by atoms with van der Waals surface area (Å²) in [6.45, 7) is 0. The highest BCUT2D eigenvalue weighted by Gasteiger charge is 2.26. The molecule has 0 fully saturated rings. The molecule has 0 aromatic heterocycles. The lowest BCUT2D eigenvalue weighted by atomic mass is 10.1. The van der Waals surface area contributed by atoms with Crippen molar-refractivity contribution in [2.45, 2.75) is 24.5 Å². The van der Waals surface area contributed by atoms with E-state index in [1.807, 2.05) is 0 Å². The molecule has 286 valence electrons. The molecular formula is C30H21N5O15S5. The smallest absolute Gasteiger partial charge is 0.295 e. The molecule has 6 rings (SSSR count). The van der Waals surface area contributed by atoms with Crippen LogP contribution in [0.3, 0.4) is 0 Å². The third-order valence-corrected chi connectivity index (χ3v) is 12.2. The number of benzene rings is 6. The predicted octanol–water partition coefficient (Wildman–Crippen LogP) is 5.79. The van der Waals surface area contributed by atoms with Gasteiger partial charge in [-0.05, 0) is 72.8 Å². The molecule has 0 spiro atoms. The van der Waals surface area contributed by atoms with Crippen molar-refractivity contribution in [3.8, 4) is 0 Å². The largest absolute Gasteiger partial charge is 0.398 e. The van der Waals surface area contributed by atoms with E-state index in [-0.39, 0.29) is 38.9 Å². The van der Waals surface area contributed by atoms with E-state index >= 15 is 0 Å². The van der Waals surface area contributed by atoms with E-state index in [1.54, 1.807) is 0 Å². The average molecular weight is 852 g/mol. The van der Waals surface area contributed by atoms with Crippen LogP contribution in [0.5, 0.6) is 0 Å². The molecule has 6 aromatic rings. The van der Waals surface area contributed by atoms with Crippen molar-refractivity contribution in [3.63, 3.8) is 0 Å². The van der Waals surface area contributed by atoms with Gasteiger partial charge in [0.05, 0.1) is 37.4 Å². The number of rotatable bonds is 9. The first-order chi connectivity index (χ1) is 25.3. The Kier molecular flexibility index (Phi) is 9.62. The highest BCUT2D eigenvalue weighted by molar-refractivity contribution is 7.87. The fraction of sp³-hybridized carbons (Fsp3) is 0. The summed E-state index contributed by atoms with van der Waals surface area (Å²) in [5.74, 6) is 0. The molecule has 0 saturated heterocycles.